The Balaban J connectivity index is 2.67. The normalized spacial score (nSPS) is 19.8. The maximum absolute atomic E-state index is 11.7. The van der Waals surface area contributed by atoms with Crippen LogP contribution in [0.3, 0.4) is 0 Å². The number of aliphatic carboxylic acids is 2. The van der Waals surface area contributed by atoms with Gasteiger partial charge in [0.05, 0.1) is 12.5 Å². The van der Waals surface area contributed by atoms with E-state index in [0.29, 0.717) is 0 Å². The van der Waals surface area contributed by atoms with Gasteiger partial charge in [0.15, 0.2) is 0 Å². The Morgan fingerprint density at radius 2 is 2.05 bits per heavy atom. The lowest BCUT2D eigenvalue weighted by molar-refractivity contribution is -0.150. The lowest BCUT2D eigenvalue weighted by Gasteiger charge is -2.24. The van der Waals surface area contributed by atoms with Gasteiger partial charge in [0.25, 0.3) is 0 Å². The van der Waals surface area contributed by atoms with Gasteiger partial charge in [-0.3, -0.25) is 14.4 Å². The summed E-state index contributed by atoms with van der Waals surface area (Å²) in [4.78, 5) is 46.0. The number of carbonyl (C=O) groups is 4. The molecule has 20 heavy (non-hydrogen) atoms. The van der Waals surface area contributed by atoms with Crippen LogP contribution in [0.15, 0.2) is 0 Å². The van der Waals surface area contributed by atoms with Crippen LogP contribution < -0.4 is 0 Å². The van der Waals surface area contributed by atoms with Crippen molar-refractivity contribution < 1.29 is 34.1 Å². The molecular weight excluding hydrogens is 270 g/mol. The van der Waals surface area contributed by atoms with E-state index < -0.39 is 35.8 Å². The van der Waals surface area contributed by atoms with E-state index in [9.17, 15) is 19.2 Å². The highest BCUT2D eigenvalue weighted by atomic mass is 16.5. The molecule has 0 saturated carbocycles. The number of hydrogen-bond acceptors (Lipinski definition) is 5. The second-order valence-corrected chi connectivity index (χ2v) is 4.48. The molecule has 0 aromatic carbocycles. The zero-order valence-corrected chi connectivity index (χ0v) is 11.1. The van der Waals surface area contributed by atoms with Crippen LogP contribution in [0.25, 0.3) is 0 Å². The molecule has 112 valence electrons. The van der Waals surface area contributed by atoms with Gasteiger partial charge in [-0.2, -0.15) is 0 Å². The summed E-state index contributed by atoms with van der Waals surface area (Å²) < 4.78 is 4.69. The zero-order valence-electron chi connectivity index (χ0n) is 11.1. The van der Waals surface area contributed by atoms with Gasteiger partial charge in [0, 0.05) is 19.4 Å². The molecule has 2 atom stereocenters. The van der Waals surface area contributed by atoms with E-state index in [1.54, 1.807) is 6.92 Å². The zero-order chi connectivity index (χ0) is 15.3. The van der Waals surface area contributed by atoms with E-state index in [0.717, 1.165) is 4.90 Å². The number of likely N-dealkylation sites (tertiary alicyclic amines) is 1. The Hall–Kier alpha value is -2.12. The van der Waals surface area contributed by atoms with Crippen LogP contribution in [0.5, 0.6) is 0 Å². The summed E-state index contributed by atoms with van der Waals surface area (Å²) >= 11 is 0. The van der Waals surface area contributed by atoms with Crippen LogP contribution in [0.4, 0.5) is 0 Å². The third-order valence-corrected chi connectivity index (χ3v) is 3.10. The average molecular weight is 287 g/mol. The molecule has 1 rings (SSSR count). The first-order chi connectivity index (χ1) is 9.36. The minimum atomic E-state index is -1.26. The van der Waals surface area contributed by atoms with E-state index in [2.05, 4.69) is 0 Å². The number of carboxylic acids is 2. The molecule has 1 unspecified atom stereocenters. The van der Waals surface area contributed by atoms with E-state index in [1.165, 1.54) is 0 Å². The van der Waals surface area contributed by atoms with E-state index in [4.69, 9.17) is 14.9 Å². The number of carbonyl (C=O) groups excluding carboxylic acids is 2. The first-order valence-corrected chi connectivity index (χ1v) is 6.27. The second kappa shape index (κ2) is 6.88. The van der Waals surface area contributed by atoms with Crippen molar-refractivity contribution in [3.8, 4) is 0 Å². The Bertz CT molecular complexity index is 420. The highest BCUT2D eigenvalue weighted by molar-refractivity contribution is 5.89. The minimum Gasteiger partial charge on any atom is -0.481 e. The molecule has 1 saturated heterocycles. The lowest BCUT2D eigenvalue weighted by Crippen LogP contribution is -2.42. The molecule has 8 nitrogen and oxygen atoms in total. The maximum Gasteiger partial charge on any atom is 0.326 e. The summed E-state index contributed by atoms with van der Waals surface area (Å²) in [6.45, 7) is 1.68. The molecule has 1 fully saturated rings. The van der Waals surface area contributed by atoms with Gasteiger partial charge in [0.2, 0.25) is 5.91 Å². The van der Waals surface area contributed by atoms with Crippen LogP contribution in [0, 0.1) is 5.92 Å². The highest BCUT2D eigenvalue weighted by Gasteiger charge is 2.40. The van der Waals surface area contributed by atoms with Crippen LogP contribution in [0.1, 0.15) is 26.2 Å². The van der Waals surface area contributed by atoms with E-state index in [1.807, 2.05) is 0 Å². The molecule has 1 heterocycles. The van der Waals surface area contributed by atoms with Crippen molar-refractivity contribution in [1.82, 2.24) is 4.90 Å². The molecule has 1 aliphatic heterocycles. The predicted molar refractivity (Wildman–Crippen MR) is 64.7 cm³/mol. The fourth-order valence-corrected chi connectivity index (χ4v) is 2.10. The molecule has 1 amide bonds. The third kappa shape index (κ3) is 3.94. The Labute approximate surface area is 115 Å². The first-order valence-electron chi connectivity index (χ1n) is 6.27. The highest BCUT2D eigenvalue weighted by Crippen LogP contribution is 2.22. The summed E-state index contributed by atoms with van der Waals surface area (Å²) in [6.07, 6.45) is -0.433. The summed E-state index contributed by atoms with van der Waals surface area (Å²) in [5.74, 6) is -4.34. The fraction of sp³-hybridized carbons (Fsp3) is 0.667. The summed E-state index contributed by atoms with van der Waals surface area (Å²) in [5.41, 5.74) is 0. The number of nitrogens with zero attached hydrogens (tertiary/aromatic N) is 1. The molecule has 1 aliphatic rings. The topological polar surface area (TPSA) is 121 Å². The van der Waals surface area contributed by atoms with Crippen molar-refractivity contribution in [1.29, 1.82) is 0 Å². The summed E-state index contributed by atoms with van der Waals surface area (Å²) in [5, 5.41) is 18.0. The number of rotatable bonds is 7. The average Bonchev–Trinajstić information content (AvgIpc) is 2.72. The van der Waals surface area contributed by atoms with Crippen molar-refractivity contribution >= 4 is 23.8 Å². The molecule has 0 radical (unpaired) electrons. The van der Waals surface area contributed by atoms with Gasteiger partial charge in [-0.05, 0) is 13.3 Å². The molecule has 8 heteroatoms. The smallest absolute Gasteiger partial charge is 0.326 e. The van der Waals surface area contributed by atoms with Crippen molar-refractivity contribution in [2.24, 2.45) is 5.92 Å². The van der Waals surface area contributed by atoms with Gasteiger partial charge in [-0.25, -0.2) is 4.79 Å². The van der Waals surface area contributed by atoms with Gasteiger partial charge in [0.1, 0.15) is 6.04 Å². The quantitative estimate of drug-likeness (QED) is 0.617. The van der Waals surface area contributed by atoms with Crippen LogP contribution in [0.2, 0.25) is 0 Å². The van der Waals surface area contributed by atoms with Gasteiger partial charge < -0.3 is 19.8 Å². The fourth-order valence-electron chi connectivity index (χ4n) is 2.10. The van der Waals surface area contributed by atoms with Crippen molar-refractivity contribution in [3.63, 3.8) is 0 Å². The monoisotopic (exact) mass is 287 g/mol. The molecule has 0 bridgehead atoms. The summed E-state index contributed by atoms with van der Waals surface area (Å²) in [7, 11) is 0. The Morgan fingerprint density at radius 1 is 1.40 bits per heavy atom. The molecule has 0 aliphatic carbocycles. The SMILES string of the molecule is CCOC(=O)CC[C@@H](C(=O)O)N1CC(C(=O)O)CC1=O. The predicted octanol–water partition coefficient (Wildman–Crippen LogP) is -0.284. The maximum atomic E-state index is 11.7. The van der Waals surface area contributed by atoms with Gasteiger partial charge >= 0.3 is 17.9 Å². The Morgan fingerprint density at radius 3 is 2.50 bits per heavy atom. The molecule has 0 spiro atoms. The Kier molecular flexibility index (Phi) is 5.48. The molecule has 2 N–H and O–H groups in total. The minimum absolute atomic E-state index is 0.0910. The number of amides is 1. The van der Waals surface area contributed by atoms with Gasteiger partial charge in [-0.1, -0.05) is 0 Å². The lowest BCUT2D eigenvalue weighted by atomic mass is 10.1. The molecule has 0 aromatic rings. The standard InChI is InChI=1S/C12H17NO7/c1-2-20-10(15)4-3-8(12(18)19)13-6-7(11(16)17)5-9(13)14/h7-8H,2-6H2,1H3,(H,16,17)(H,18,19)/t7?,8-/m0/s1. The second-order valence-electron chi connectivity index (χ2n) is 4.48. The number of hydrogen-bond donors (Lipinski definition) is 2. The van der Waals surface area contributed by atoms with Crippen molar-refractivity contribution in [2.75, 3.05) is 13.2 Å². The largest absolute Gasteiger partial charge is 0.481 e. The van der Waals surface area contributed by atoms with Crippen LogP contribution in [-0.2, 0) is 23.9 Å². The number of ether oxygens (including phenoxy) is 1. The number of carboxylic acid groups (broad SMARTS) is 2. The van der Waals surface area contributed by atoms with Crippen molar-refractivity contribution in [3.05, 3.63) is 0 Å². The van der Waals surface area contributed by atoms with E-state index in [-0.39, 0.29) is 32.4 Å². The van der Waals surface area contributed by atoms with Crippen LogP contribution >= 0.6 is 0 Å². The van der Waals surface area contributed by atoms with Gasteiger partial charge in [-0.15, -0.1) is 0 Å². The number of esters is 1. The van der Waals surface area contributed by atoms with Crippen LogP contribution in [-0.4, -0.2) is 58.1 Å². The first kappa shape index (κ1) is 15.9. The molecular formula is C12H17NO7. The molecule has 0 aromatic heterocycles. The third-order valence-electron chi connectivity index (χ3n) is 3.10. The summed E-state index contributed by atoms with van der Waals surface area (Å²) in [6, 6.07) is -1.20. The van der Waals surface area contributed by atoms with E-state index >= 15 is 0 Å². The van der Waals surface area contributed by atoms with Crippen molar-refractivity contribution in [2.45, 2.75) is 32.2 Å².